The molecule has 2 aromatic rings. The fourth-order valence-corrected chi connectivity index (χ4v) is 2.25. The maximum absolute atomic E-state index is 13.1. The van der Waals surface area contributed by atoms with Gasteiger partial charge in [0.2, 0.25) is 5.91 Å². The van der Waals surface area contributed by atoms with Gasteiger partial charge in [-0.2, -0.15) is 5.10 Å². The van der Waals surface area contributed by atoms with Crippen molar-refractivity contribution >= 4 is 11.9 Å². The van der Waals surface area contributed by atoms with Crippen LogP contribution in [0.25, 0.3) is 0 Å². The van der Waals surface area contributed by atoms with Gasteiger partial charge in [0, 0.05) is 33.4 Å². The lowest BCUT2D eigenvalue weighted by atomic mass is 10.1. The van der Waals surface area contributed by atoms with Crippen molar-refractivity contribution in [2.75, 3.05) is 20.1 Å². The standard InChI is InChI=1S/C17H23FN6O/c1-19-17(22-12-15-6-7-23-24(15)2)21-9-8-20-16(25)11-13-4-3-5-14(18)10-13/h3-7,10H,8-9,11-12H2,1-2H3,(H,20,25)(H2,19,21,22). The van der Waals surface area contributed by atoms with Crippen LogP contribution in [0.1, 0.15) is 11.3 Å². The van der Waals surface area contributed by atoms with Gasteiger partial charge in [-0.25, -0.2) is 4.39 Å². The number of halogens is 1. The van der Waals surface area contributed by atoms with E-state index in [2.05, 4.69) is 26.0 Å². The van der Waals surface area contributed by atoms with E-state index in [1.165, 1.54) is 12.1 Å². The highest BCUT2D eigenvalue weighted by Crippen LogP contribution is 2.03. The summed E-state index contributed by atoms with van der Waals surface area (Å²) in [6, 6.07) is 7.97. The lowest BCUT2D eigenvalue weighted by Crippen LogP contribution is -2.41. The van der Waals surface area contributed by atoms with Crippen LogP contribution in [0.5, 0.6) is 0 Å². The molecule has 3 N–H and O–H groups in total. The van der Waals surface area contributed by atoms with Crippen molar-refractivity contribution in [3.05, 3.63) is 53.6 Å². The summed E-state index contributed by atoms with van der Waals surface area (Å²) in [5.74, 6) is 0.154. The van der Waals surface area contributed by atoms with E-state index in [0.717, 1.165) is 5.69 Å². The third-order valence-electron chi connectivity index (χ3n) is 3.58. The summed E-state index contributed by atoms with van der Waals surface area (Å²) >= 11 is 0. The Morgan fingerprint density at radius 3 is 2.72 bits per heavy atom. The van der Waals surface area contributed by atoms with Crippen molar-refractivity contribution in [1.82, 2.24) is 25.7 Å². The summed E-state index contributed by atoms with van der Waals surface area (Å²) in [6.07, 6.45) is 1.90. The van der Waals surface area contributed by atoms with Crippen LogP contribution >= 0.6 is 0 Å². The molecule has 25 heavy (non-hydrogen) atoms. The van der Waals surface area contributed by atoms with Crippen LogP contribution in [0.15, 0.2) is 41.5 Å². The fourth-order valence-electron chi connectivity index (χ4n) is 2.25. The third kappa shape index (κ3) is 6.25. The Morgan fingerprint density at radius 2 is 2.04 bits per heavy atom. The number of carbonyl (C=O) groups excluding carboxylic acids is 1. The van der Waals surface area contributed by atoms with Crippen molar-refractivity contribution in [3.63, 3.8) is 0 Å². The molecule has 0 spiro atoms. The number of rotatable bonds is 7. The molecule has 1 aromatic carbocycles. The van der Waals surface area contributed by atoms with Gasteiger partial charge in [0.05, 0.1) is 18.7 Å². The monoisotopic (exact) mass is 346 g/mol. The number of hydrogen-bond acceptors (Lipinski definition) is 3. The highest BCUT2D eigenvalue weighted by Gasteiger charge is 2.04. The first-order valence-electron chi connectivity index (χ1n) is 8.01. The molecule has 0 saturated heterocycles. The quantitative estimate of drug-likeness (QED) is 0.389. The van der Waals surface area contributed by atoms with Gasteiger partial charge in [0.1, 0.15) is 5.82 Å². The van der Waals surface area contributed by atoms with Crippen molar-refractivity contribution in [2.45, 2.75) is 13.0 Å². The number of aryl methyl sites for hydroxylation is 1. The van der Waals surface area contributed by atoms with E-state index in [4.69, 9.17) is 0 Å². The first kappa shape index (κ1) is 18.4. The Bertz CT molecular complexity index is 727. The fraction of sp³-hybridized carbons (Fsp3) is 0.353. The second-order valence-electron chi connectivity index (χ2n) is 5.46. The smallest absolute Gasteiger partial charge is 0.224 e. The molecule has 7 nitrogen and oxygen atoms in total. The molecule has 0 aliphatic heterocycles. The summed E-state index contributed by atoms with van der Waals surface area (Å²) in [7, 11) is 3.56. The highest BCUT2D eigenvalue weighted by atomic mass is 19.1. The maximum atomic E-state index is 13.1. The number of carbonyl (C=O) groups is 1. The Morgan fingerprint density at radius 1 is 1.24 bits per heavy atom. The first-order valence-corrected chi connectivity index (χ1v) is 8.01. The Balaban J connectivity index is 1.65. The van der Waals surface area contributed by atoms with E-state index in [0.29, 0.717) is 31.2 Å². The maximum Gasteiger partial charge on any atom is 0.224 e. The number of amides is 1. The molecular weight excluding hydrogens is 323 g/mol. The van der Waals surface area contributed by atoms with Crippen LogP contribution in [0.3, 0.4) is 0 Å². The number of aromatic nitrogens is 2. The van der Waals surface area contributed by atoms with E-state index < -0.39 is 0 Å². The minimum Gasteiger partial charge on any atom is -0.355 e. The summed E-state index contributed by atoms with van der Waals surface area (Å²) < 4.78 is 14.9. The van der Waals surface area contributed by atoms with E-state index >= 15 is 0 Å². The Labute approximate surface area is 146 Å². The molecular formula is C17H23FN6O. The molecule has 0 fully saturated rings. The third-order valence-corrected chi connectivity index (χ3v) is 3.58. The minimum absolute atomic E-state index is 0.148. The average molecular weight is 346 g/mol. The normalized spacial score (nSPS) is 11.2. The van der Waals surface area contributed by atoms with Crippen LogP contribution in [-0.2, 0) is 24.8 Å². The zero-order valence-electron chi connectivity index (χ0n) is 14.4. The largest absolute Gasteiger partial charge is 0.355 e. The van der Waals surface area contributed by atoms with E-state index in [1.807, 2.05) is 13.1 Å². The van der Waals surface area contributed by atoms with E-state index in [-0.39, 0.29) is 18.1 Å². The van der Waals surface area contributed by atoms with Crippen LogP contribution in [-0.4, -0.2) is 41.8 Å². The van der Waals surface area contributed by atoms with Gasteiger partial charge in [0.25, 0.3) is 0 Å². The Kier molecular flexibility index (Phi) is 6.94. The molecule has 0 unspecified atom stereocenters. The van der Waals surface area contributed by atoms with Crippen LogP contribution in [0, 0.1) is 5.82 Å². The van der Waals surface area contributed by atoms with Gasteiger partial charge in [-0.3, -0.25) is 14.5 Å². The van der Waals surface area contributed by atoms with Gasteiger partial charge in [-0.15, -0.1) is 0 Å². The van der Waals surface area contributed by atoms with Gasteiger partial charge < -0.3 is 16.0 Å². The molecule has 8 heteroatoms. The number of guanidine groups is 1. The van der Waals surface area contributed by atoms with Crippen molar-refractivity contribution in [3.8, 4) is 0 Å². The van der Waals surface area contributed by atoms with Gasteiger partial charge >= 0.3 is 0 Å². The highest BCUT2D eigenvalue weighted by molar-refractivity contribution is 5.80. The van der Waals surface area contributed by atoms with Gasteiger partial charge in [-0.05, 0) is 23.8 Å². The molecule has 0 aliphatic carbocycles. The predicted octanol–water partition coefficient (Wildman–Crippen LogP) is 0.583. The van der Waals surface area contributed by atoms with Gasteiger partial charge in [-0.1, -0.05) is 12.1 Å². The van der Waals surface area contributed by atoms with Crippen LogP contribution in [0.4, 0.5) is 4.39 Å². The molecule has 0 bridgehead atoms. The number of nitrogens with zero attached hydrogens (tertiary/aromatic N) is 3. The molecule has 1 heterocycles. The van der Waals surface area contributed by atoms with E-state index in [9.17, 15) is 9.18 Å². The lowest BCUT2D eigenvalue weighted by Gasteiger charge is -2.12. The van der Waals surface area contributed by atoms with Crippen molar-refractivity contribution < 1.29 is 9.18 Å². The van der Waals surface area contributed by atoms with E-state index in [1.54, 1.807) is 30.1 Å². The van der Waals surface area contributed by atoms with Crippen molar-refractivity contribution in [2.24, 2.45) is 12.0 Å². The minimum atomic E-state index is -0.338. The molecule has 0 saturated carbocycles. The number of aliphatic imine (C=N–C) groups is 1. The summed E-state index contributed by atoms with van der Waals surface area (Å²) in [4.78, 5) is 16.0. The van der Waals surface area contributed by atoms with Crippen molar-refractivity contribution in [1.29, 1.82) is 0 Å². The first-order chi connectivity index (χ1) is 12.1. The topological polar surface area (TPSA) is 83.3 Å². The number of nitrogens with one attached hydrogen (secondary N) is 3. The molecule has 2 rings (SSSR count). The Hall–Kier alpha value is -2.90. The lowest BCUT2D eigenvalue weighted by molar-refractivity contribution is -0.120. The van der Waals surface area contributed by atoms with Crippen LogP contribution in [0.2, 0.25) is 0 Å². The molecule has 0 aliphatic rings. The molecule has 1 amide bonds. The summed E-state index contributed by atoms with van der Waals surface area (Å²) in [5, 5.41) is 13.2. The number of benzene rings is 1. The molecule has 0 atom stereocenters. The zero-order valence-corrected chi connectivity index (χ0v) is 14.4. The molecule has 1 aromatic heterocycles. The predicted molar refractivity (Wildman–Crippen MR) is 94.5 cm³/mol. The second-order valence-corrected chi connectivity index (χ2v) is 5.46. The van der Waals surface area contributed by atoms with Gasteiger partial charge in [0.15, 0.2) is 5.96 Å². The second kappa shape index (κ2) is 9.41. The molecule has 0 radical (unpaired) electrons. The van der Waals surface area contributed by atoms with Crippen LogP contribution < -0.4 is 16.0 Å². The average Bonchev–Trinajstić information content (AvgIpc) is 2.99. The zero-order chi connectivity index (χ0) is 18.1. The number of hydrogen-bond donors (Lipinski definition) is 3. The molecule has 134 valence electrons. The SMILES string of the molecule is CN=C(NCCNC(=O)Cc1cccc(F)c1)NCc1ccnn1C. The summed E-state index contributed by atoms with van der Waals surface area (Å²) in [5.41, 5.74) is 1.69. The summed E-state index contributed by atoms with van der Waals surface area (Å²) in [6.45, 7) is 1.57.